The predicted molar refractivity (Wildman–Crippen MR) is 73.2 cm³/mol. The molecule has 10 heteroatoms. The van der Waals surface area contributed by atoms with E-state index in [9.17, 15) is 14.9 Å². The summed E-state index contributed by atoms with van der Waals surface area (Å²) >= 11 is 2.29. The largest absolute Gasteiger partial charge is 0.481 e. The number of nitrogens with zero attached hydrogens (tertiary/aromatic N) is 4. The Morgan fingerprint density at radius 3 is 3.00 bits per heavy atom. The molecule has 0 bridgehead atoms. The highest BCUT2D eigenvalue weighted by atomic mass is 32.2. The summed E-state index contributed by atoms with van der Waals surface area (Å²) in [6.07, 6.45) is 0.880. The Balaban J connectivity index is 2.23. The Morgan fingerprint density at radius 2 is 2.38 bits per heavy atom. The topological polar surface area (TPSA) is 130 Å². The van der Waals surface area contributed by atoms with Crippen LogP contribution in [0, 0.1) is 21.4 Å². The van der Waals surface area contributed by atoms with Crippen LogP contribution in [0.1, 0.15) is 11.3 Å². The van der Waals surface area contributed by atoms with Crippen molar-refractivity contribution in [1.29, 1.82) is 5.26 Å². The van der Waals surface area contributed by atoms with E-state index < -0.39 is 10.9 Å². The molecule has 106 valence electrons. The average Bonchev–Trinajstić information content (AvgIpc) is 2.85. The van der Waals surface area contributed by atoms with Gasteiger partial charge in [-0.1, -0.05) is 0 Å². The van der Waals surface area contributed by atoms with Crippen molar-refractivity contribution in [3.05, 3.63) is 39.0 Å². The third-order valence-corrected chi connectivity index (χ3v) is 4.22. The Kier molecular flexibility index (Phi) is 4.46. The van der Waals surface area contributed by atoms with E-state index in [0.29, 0.717) is 15.1 Å². The van der Waals surface area contributed by atoms with Crippen molar-refractivity contribution in [2.24, 2.45) is 0 Å². The molecule has 0 aromatic carbocycles. The van der Waals surface area contributed by atoms with Crippen LogP contribution in [0.4, 0.5) is 5.69 Å². The molecule has 1 N–H and O–H groups in total. The molecule has 0 aliphatic carbocycles. The van der Waals surface area contributed by atoms with Crippen LogP contribution in [0.25, 0.3) is 0 Å². The Labute approximate surface area is 126 Å². The molecule has 0 saturated heterocycles. The molecule has 0 fully saturated rings. The van der Waals surface area contributed by atoms with E-state index in [1.807, 2.05) is 6.07 Å². The molecule has 2 rings (SSSR count). The van der Waals surface area contributed by atoms with Crippen LogP contribution < -0.4 is 0 Å². The minimum Gasteiger partial charge on any atom is -0.481 e. The van der Waals surface area contributed by atoms with Crippen molar-refractivity contribution in [3.63, 3.8) is 0 Å². The zero-order chi connectivity index (χ0) is 15.4. The lowest BCUT2D eigenvalue weighted by atomic mass is 10.3. The van der Waals surface area contributed by atoms with Gasteiger partial charge in [0, 0.05) is 11.4 Å². The molecule has 0 aliphatic rings. The van der Waals surface area contributed by atoms with Crippen molar-refractivity contribution in [1.82, 2.24) is 9.97 Å². The number of pyridine rings is 1. The fourth-order valence-electron chi connectivity index (χ4n) is 1.36. The SMILES string of the molecule is N#Cc1cc([N+](=O)[O-])cnc1Sc1nc(CC(=O)O)cs1. The van der Waals surface area contributed by atoms with Crippen LogP contribution in [0.2, 0.25) is 0 Å². The average molecular weight is 322 g/mol. The fraction of sp³-hybridized carbons (Fsp3) is 0.0909. The van der Waals surface area contributed by atoms with Gasteiger partial charge in [-0.2, -0.15) is 5.26 Å². The van der Waals surface area contributed by atoms with Crippen molar-refractivity contribution < 1.29 is 14.8 Å². The van der Waals surface area contributed by atoms with Crippen LogP contribution >= 0.6 is 23.1 Å². The van der Waals surface area contributed by atoms with Gasteiger partial charge in [0.1, 0.15) is 17.3 Å². The molecule has 0 aliphatic heterocycles. The molecular formula is C11H6N4O4S2. The molecule has 2 heterocycles. The van der Waals surface area contributed by atoms with Gasteiger partial charge in [0.2, 0.25) is 0 Å². The number of nitro groups is 1. The van der Waals surface area contributed by atoms with E-state index in [1.165, 1.54) is 11.3 Å². The van der Waals surface area contributed by atoms with E-state index in [4.69, 9.17) is 10.4 Å². The normalized spacial score (nSPS) is 10.0. The van der Waals surface area contributed by atoms with Gasteiger partial charge in [-0.15, -0.1) is 11.3 Å². The number of hydrogen-bond donors (Lipinski definition) is 1. The monoisotopic (exact) mass is 322 g/mol. The molecule has 0 spiro atoms. The number of carboxylic acid groups (broad SMARTS) is 1. The smallest absolute Gasteiger partial charge is 0.309 e. The molecule has 2 aromatic rings. The number of aliphatic carboxylic acids is 1. The van der Waals surface area contributed by atoms with Crippen LogP contribution in [0.15, 0.2) is 27.0 Å². The molecule has 2 aromatic heterocycles. The van der Waals surface area contributed by atoms with Crippen molar-refractivity contribution in [2.75, 3.05) is 0 Å². The summed E-state index contributed by atoms with van der Waals surface area (Å²) in [5.74, 6) is -0.983. The Bertz CT molecular complexity index is 753. The first-order valence-corrected chi connectivity index (χ1v) is 7.08. The lowest BCUT2D eigenvalue weighted by Gasteiger charge is -1.99. The molecule has 0 saturated carbocycles. The summed E-state index contributed by atoms with van der Waals surface area (Å²) in [7, 11) is 0. The molecule has 0 amide bonds. The second-order valence-corrected chi connectivity index (χ2v) is 5.79. The second-order valence-electron chi connectivity index (χ2n) is 3.69. The summed E-state index contributed by atoms with van der Waals surface area (Å²) in [4.78, 5) is 28.6. The number of carboxylic acids is 1. The Hall–Kier alpha value is -2.51. The van der Waals surface area contributed by atoms with Gasteiger partial charge in [-0.05, 0) is 11.8 Å². The van der Waals surface area contributed by atoms with E-state index in [0.717, 1.165) is 24.0 Å². The van der Waals surface area contributed by atoms with Gasteiger partial charge in [-0.25, -0.2) is 9.97 Å². The number of hydrogen-bond acceptors (Lipinski definition) is 8. The summed E-state index contributed by atoms with van der Waals surface area (Å²) in [6, 6.07) is 2.99. The molecule has 0 unspecified atom stereocenters. The zero-order valence-electron chi connectivity index (χ0n) is 10.2. The van der Waals surface area contributed by atoms with Crippen molar-refractivity contribution in [2.45, 2.75) is 15.8 Å². The predicted octanol–water partition coefficient (Wildman–Crippen LogP) is 2.10. The lowest BCUT2D eigenvalue weighted by Crippen LogP contribution is -1.99. The van der Waals surface area contributed by atoms with E-state index in [-0.39, 0.29) is 17.7 Å². The van der Waals surface area contributed by atoms with Gasteiger partial charge in [0.05, 0.1) is 22.6 Å². The van der Waals surface area contributed by atoms with Gasteiger partial charge in [0.25, 0.3) is 5.69 Å². The molecule has 21 heavy (non-hydrogen) atoms. The molecular weight excluding hydrogens is 316 g/mol. The summed E-state index contributed by atoms with van der Waals surface area (Å²) in [5.41, 5.74) is 0.223. The lowest BCUT2D eigenvalue weighted by molar-refractivity contribution is -0.385. The van der Waals surface area contributed by atoms with Crippen LogP contribution in [-0.2, 0) is 11.2 Å². The summed E-state index contributed by atoms with van der Waals surface area (Å²) in [6.45, 7) is 0. The zero-order valence-corrected chi connectivity index (χ0v) is 11.8. The van der Waals surface area contributed by atoms with Gasteiger partial charge >= 0.3 is 5.97 Å². The first-order valence-electron chi connectivity index (χ1n) is 5.38. The number of aromatic nitrogens is 2. The van der Waals surface area contributed by atoms with Gasteiger partial charge < -0.3 is 5.11 Å². The highest BCUT2D eigenvalue weighted by Gasteiger charge is 2.15. The highest BCUT2D eigenvalue weighted by molar-refractivity contribution is 8.01. The van der Waals surface area contributed by atoms with Crippen LogP contribution in [0.5, 0.6) is 0 Å². The minimum atomic E-state index is -0.983. The standard InChI is InChI=1S/C11H6N4O4S2/c12-3-6-1-8(15(18)19)4-13-10(6)21-11-14-7(5-20-11)2-9(16)17/h1,4-5H,2H2,(H,16,17). The Morgan fingerprint density at radius 1 is 1.62 bits per heavy atom. The number of thiazole rings is 1. The quantitative estimate of drug-likeness (QED) is 0.654. The van der Waals surface area contributed by atoms with Crippen LogP contribution in [0.3, 0.4) is 0 Å². The van der Waals surface area contributed by atoms with E-state index in [1.54, 1.807) is 5.38 Å². The van der Waals surface area contributed by atoms with Gasteiger partial charge in [0.15, 0.2) is 4.34 Å². The van der Waals surface area contributed by atoms with Crippen molar-refractivity contribution in [3.8, 4) is 6.07 Å². The van der Waals surface area contributed by atoms with E-state index >= 15 is 0 Å². The maximum absolute atomic E-state index is 10.6. The number of rotatable bonds is 5. The van der Waals surface area contributed by atoms with E-state index in [2.05, 4.69) is 9.97 Å². The highest BCUT2D eigenvalue weighted by Crippen LogP contribution is 2.32. The fourth-order valence-corrected chi connectivity index (χ4v) is 3.12. The van der Waals surface area contributed by atoms with Gasteiger partial charge in [-0.3, -0.25) is 14.9 Å². The summed E-state index contributed by atoms with van der Waals surface area (Å²) < 4.78 is 0.518. The maximum Gasteiger partial charge on any atom is 0.309 e. The molecule has 0 atom stereocenters. The number of nitriles is 1. The maximum atomic E-state index is 10.6. The second kappa shape index (κ2) is 6.29. The van der Waals surface area contributed by atoms with Crippen LogP contribution in [-0.4, -0.2) is 26.0 Å². The van der Waals surface area contributed by atoms with Crippen molar-refractivity contribution >= 4 is 34.8 Å². The molecule has 8 nitrogen and oxygen atoms in total. The first kappa shape index (κ1) is 14.9. The third-order valence-electron chi connectivity index (χ3n) is 2.21. The third kappa shape index (κ3) is 3.74. The molecule has 0 radical (unpaired) electrons. The first-order chi connectivity index (χ1) is 9.99. The minimum absolute atomic E-state index is 0.0733. The number of carbonyl (C=O) groups is 1. The summed E-state index contributed by atoms with van der Waals surface area (Å²) in [5, 5.41) is 30.2.